The van der Waals surface area contributed by atoms with Gasteiger partial charge in [0.2, 0.25) is 0 Å². The summed E-state index contributed by atoms with van der Waals surface area (Å²) in [6, 6.07) is 11.1. The summed E-state index contributed by atoms with van der Waals surface area (Å²) in [6.45, 7) is 3.22. The van der Waals surface area contributed by atoms with Crippen molar-refractivity contribution in [2.45, 2.75) is 25.8 Å². The number of hydrogen-bond acceptors (Lipinski definition) is 1. The van der Waals surface area contributed by atoms with Crippen LogP contribution in [0.15, 0.2) is 30.3 Å². The molecule has 0 amide bonds. The molecule has 0 saturated carbocycles. The molecule has 0 aliphatic heterocycles. The molecule has 3 heteroatoms. The van der Waals surface area contributed by atoms with E-state index in [4.69, 9.17) is 11.6 Å². The van der Waals surface area contributed by atoms with Crippen molar-refractivity contribution in [3.8, 4) is 0 Å². The van der Waals surface area contributed by atoms with E-state index in [1.807, 2.05) is 0 Å². The monoisotopic (exact) mass is 247 g/mol. The number of nitrogens with one attached hydrogen (secondary N) is 1. The van der Waals surface area contributed by atoms with E-state index in [1.54, 1.807) is 0 Å². The van der Waals surface area contributed by atoms with Crippen molar-refractivity contribution in [1.29, 1.82) is 0 Å². The molecule has 0 saturated heterocycles. The van der Waals surface area contributed by atoms with Gasteiger partial charge in [-0.25, -0.2) is 0 Å². The van der Waals surface area contributed by atoms with E-state index in [0.717, 1.165) is 25.3 Å². The van der Waals surface area contributed by atoms with Crippen LogP contribution in [0, 0.1) is 0 Å². The standard InChI is InChI=1S/C12H18ClN.ClH/c1-11(14-9-5-8-13)10-12-6-3-2-4-7-12;/h2-4,6-7,11,14H,5,8-10H2,1H3;1H/t11-;/m1./s1. The fraction of sp³-hybridized carbons (Fsp3) is 0.500. The molecule has 1 atom stereocenters. The van der Waals surface area contributed by atoms with Gasteiger partial charge in [0.05, 0.1) is 0 Å². The lowest BCUT2D eigenvalue weighted by molar-refractivity contribution is 0.544. The quantitative estimate of drug-likeness (QED) is 0.602. The summed E-state index contributed by atoms with van der Waals surface area (Å²) in [4.78, 5) is 0. The van der Waals surface area contributed by atoms with Gasteiger partial charge in [0, 0.05) is 11.9 Å². The molecule has 0 bridgehead atoms. The molecular weight excluding hydrogens is 229 g/mol. The lowest BCUT2D eigenvalue weighted by atomic mass is 10.1. The van der Waals surface area contributed by atoms with Gasteiger partial charge in [-0.1, -0.05) is 30.3 Å². The van der Waals surface area contributed by atoms with Gasteiger partial charge in [0.1, 0.15) is 0 Å². The average molecular weight is 248 g/mol. The Balaban J connectivity index is 0.00000196. The molecule has 1 nitrogen and oxygen atoms in total. The highest BCUT2D eigenvalue weighted by atomic mass is 35.5. The van der Waals surface area contributed by atoms with Crippen LogP contribution in [0.5, 0.6) is 0 Å². The Morgan fingerprint density at radius 3 is 2.53 bits per heavy atom. The minimum atomic E-state index is 0. The van der Waals surface area contributed by atoms with Gasteiger partial charge in [0.15, 0.2) is 0 Å². The third-order valence-corrected chi connectivity index (χ3v) is 2.46. The van der Waals surface area contributed by atoms with Crippen LogP contribution in [0.25, 0.3) is 0 Å². The first-order valence-corrected chi connectivity index (χ1v) is 5.69. The minimum absolute atomic E-state index is 0. The predicted octanol–water partition coefficient (Wildman–Crippen LogP) is 3.26. The SMILES string of the molecule is C[C@H](Cc1ccccc1)NCCCCl.Cl. The summed E-state index contributed by atoms with van der Waals surface area (Å²) in [5.74, 6) is 0.741. The largest absolute Gasteiger partial charge is 0.314 e. The molecule has 1 N–H and O–H groups in total. The Kier molecular flexibility index (Phi) is 8.88. The van der Waals surface area contributed by atoms with Crippen molar-refractivity contribution in [1.82, 2.24) is 5.32 Å². The van der Waals surface area contributed by atoms with Crippen LogP contribution in [-0.4, -0.2) is 18.5 Å². The third-order valence-electron chi connectivity index (χ3n) is 2.19. The number of alkyl halides is 1. The van der Waals surface area contributed by atoms with Crippen LogP contribution in [0.4, 0.5) is 0 Å². The minimum Gasteiger partial charge on any atom is -0.314 e. The molecule has 0 aliphatic carbocycles. The van der Waals surface area contributed by atoms with Crippen LogP contribution in [-0.2, 0) is 6.42 Å². The Morgan fingerprint density at radius 1 is 1.27 bits per heavy atom. The zero-order chi connectivity index (χ0) is 10.2. The van der Waals surface area contributed by atoms with E-state index in [1.165, 1.54) is 5.56 Å². The van der Waals surface area contributed by atoms with Crippen molar-refractivity contribution in [3.05, 3.63) is 35.9 Å². The fourth-order valence-corrected chi connectivity index (χ4v) is 1.59. The van der Waals surface area contributed by atoms with Gasteiger partial charge < -0.3 is 5.32 Å². The van der Waals surface area contributed by atoms with Gasteiger partial charge in [-0.05, 0) is 31.9 Å². The maximum Gasteiger partial charge on any atom is 0.0235 e. The van der Waals surface area contributed by atoms with Crippen molar-refractivity contribution in [2.24, 2.45) is 0 Å². The third kappa shape index (κ3) is 6.77. The highest BCUT2D eigenvalue weighted by molar-refractivity contribution is 6.17. The molecule has 0 aliphatic rings. The molecule has 1 aromatic rings. The second-order valence-electron chi connectivity index (χ2n) is 3.59. The van der Waals surface area contributed by atoms with Gasteiger partial charge in [-0.15, -0.1) is 24.0 Å². The summed E-state index contributed by atoms with van der Waals surface area (Å²) in [5, 5.41) is 3.45. The maximum absolute atomic E-state index is 5.61. The lowest BCUT2D eigenvalue weighted by Gasteiger charge is -2.13. The molecule has 0 radical (unpaired) electrons. The van der Waals surface area contributed by atoms with Gasteiger partial charge in [0.25, 0.3) is 0 Å². The number of benzene rings is 1. The van der Waals surface area contributed by atoms with Crippen LogP contribution < -0.4 is 5.32 Å². The summed E-state index contributed by atoms with van der Waals surface area (Å²) in [7, 11) is 0. The van der Waals surface area contributed by atoms with Gasteiger partial charge in [-0.3, -0.25) is 0 Å². The fourth-order valence-electron chi connectivity index (χ4n) is 1.46. The zero-order valence-corrected chi connectivity index (χ0v) is 10.7. The Morgan fingerprint density at radius 2 is 1.93 bits per heavy atom. The molecule has 86 valence electrons. The van der Waals surface area contributed by atoms with Gasteiger partial charge >= 0.3 is 0 Å². The molecule has 0 fully saturated rings. The first-order chi connectivity index (χ1) is 6.83. The first kappa shape index (κ1) is 14.8. The predicted molar refractivity (Wildman–Crippen MR) is 70.2 cm³/mol. The highest BCUT2D eigenvalue weighted by Gasteiger charge is 2.01. The Bertz CT molecular complexity index is 239. The van der Waals surface area contributed by atoms with Crippen molar-refractivity contribution >= 4 is 24.0 Å². The summed E-state index contributed by atoms with van der Waals surface area (Å²) >= 11 is 5.61. The van der Waals surface area contributed by atoms with Gasteiger partial charge in [-0.2, -0.15) is 0 Å². The second kappa shape index (κ2) is 9.02. The van der Waals surface area contributed by atoms with E-state index >= 15 is 0 Å². The summed E-state index contributed by atoms with van der Waals surface area (Å²) < 4.78 is 0. The molecule has 0 aromatic heterocycles. The van der Waals surface area contributed by atoms with Crippen LogP contribution >= 0.6 is 24.0 Å². The topological polar surface area (TPSA) is 12.0 Å². The zero-order valence-electron chi connectivity index (χ0n) is 9.08. The highest BCUT2D eigenvalue weighted by Crippen LogP contribution is 2.02. The number of halogens is 2. The summed E-state index contributed by atoms with van der Waals surface area (Å²) in [5.41, 5.74) is 1.39. The normalized spacial score (nSPS) is 11.9. The molecule has 1 aromatic carbocycles. The maximum atomic E-state index is 5.61. The Hall–Kier alpha value is -0.240. The van der Waals surface area contributed by atoms with Crippen LogP contribution in [0.1, 0.15) is 18.9 Å². The molecule has 15 heavy (non-hydrogen) atoms. The van der Waals surface area contributed by atoms with E-state index in [2.05, 4.69) is 42.6 Å². The van der Waals surface area contributed by atoms with Crippen LogP contribution in [0.3, 0.4) is 0 Å². The van der Waals surface area contributed by atoms with Crippen LogP contribution in [0.2, 0.25) is 0 Å². The lowest BCUT2D eigenvalue weighted by Crippen LogP contribution is -2.29. The Labute approximate surface area is 104 Å². The molecule has 0 spiro atoms. The number of hydrogen-bond donors (Lipinski definition) is 1. The molecule has 1 rings (SSSR count). The molecule has 0 unspecified atom stereocenters. The van der Waals surface area contributed by atoms with E-state index < -0.39 is 0 Å². The molecular formula is C12H19Cl2N. The summed E-state index contributed by atoms with van der Waals surface area (Å²) in [6.07, 6.45) is 2.13. The van der Waals surface area contributed by atoms with E-state index in [0.29, 0.717) is 6.04 Å². The first-order valence-electron chi connectivity index (χ1n) is 5.16. The van der Waals surface area contributed by atoms with Crippen molar-refractivity contribution < 1.29 is 0 Å². The molecule has 0 heterocycles. The second-order valence-corrected chi connectivity index (χ2v) is 3.97. The number of rotatable bonds is 6. The van der Waals surface area contributed by atoms with Crippen molar-refractivity contribution in [3.63, 3.8) is 0 Å². The van der Waals surface area contributed by atoms with Crippen molar-refractivity contribution in [2.75, 3.05) is 12.4 Å². The average Bonchev–Trinajstić information content (AvgIpc) is 2.20. The smallest absolute Gasteiger partial charge is 0.0235 e. The van der Waals surface area contributed by atoms with E-state index in [9.17, 15) is 0 Å². The van der Waals surface area contributed by atoms with E-state index in [-0.39, 0.29) is 12.4 Å².